The molecule has 5 nitrogen and oxygen atoms in total. The molecule has 6 heteroatoms. The van der Waals surface area contributed by atoms with Gasteiger partial charge in [-0.3, -0.25) is 4.99 Å². The third-order valence-electron chi connectivity index (χ3n) is 4.98. The minimum Gasteiger partial charge on any atom is -0.496 e. The van der Waals surface area contributed by atoms with Crippen molar-refractivity contribution in [2.75, 3.05) is 46.4 Å². The number of para-hydroxylation sites is 1. The molecule has 1 fully saturated rings. The molecule has 0 aliphatic carbocycles. The number of rotatable bonds is 9. The molecule has 2 rings (SSSR count). The van der Waals surface area contributed by atoms with Gasteiger partial charge < -0.3 is 20.3 Å². The summed E-state index contributed by atoms with van der Waals surface area (Å²) in [4.78, 5) is 7.41. The van der Waals surface area contributed by atoms with Crippen LogP contribution in [-0.2, 0) is 6.42 Å². The maximum atomic E-state index is 5.43. The van der Waals surface area contributed by atoms with E-state index in [1.165, 1.54) is 44.5 Å². The molecule has 1 aromatic rings. The number of benzene rings is 1. The van der Waals surface area contributed by atoms with Crippen LogP contribution in [0.25, 0.3) is 0 Å². The van der Waals surface area contributed by atoms with Gasteiger partial charge in [0.2, 0.25) is 0 Å². The summed E-state index contributed by atoms with van der Waals surface area (Å²) in [5.41, 5.74) is 1.22. The van der Waals surface area contributed by atoms with Gasteiger partial charge in [-0.25, -0.2) is 0 Å². The fraction of sp³-hybridized carbons (Fsp3) is 0.667. The fourth-order valence-electron chi connectivity index (χ4n) is 3.50. The Hall–Kier alpha value is -1.02. The number of methoxy groups -OCH3 is 1. The Morgan fingerprint density at radius 3 is 2.59 bits per heavy atom. The highest BCUT2D eigenvalue weighted by Crippen LogP contribution is 2.18. The van der Waals surface area contributed by atoms with Crippen LogP contribution in [0.15, 0.2) is 29.3 Å². The molecular weight excluding hydrogens is 451 g/mol. The van der Waals surface area contributed by atoms with Gasteiger partial charge in [0.15, 0.2) is 5.96 Å². The highest BCUT2D eigenvalue weighted by molar-refractivity contribution is 14.0. The summed E-state index contributed by atoms with van der Waals surface area (Å²) >= 11 is 0. The van der Waals surface area contributed by atoms with Crippen molar-refractivity contribution in [3.63, 3.8) is 0 Å². The van der Waals surface area contributed by atoms with Gasteiger partial charge in [-0.05, 0) is 69.8 Å². The first-order valence-corrected chi connectivity index (χ1v) is 10.1. The first-order valence-electron chi connectivity index (χ1n) is 10.1. The molecule has 0 aromatic heterocycles. The molecule has 0 bridgehead atoms. The maximum Gasteiger partial charge on any atom is 0.191 e. The van der Waals surface area contributed by atoms with Crippen LogP contribution in [0.3, 0.4) is 0 Å². The van der Waals surface area contributed by atoms with Crippen LogP contribution >= 0.6 is 24.0 Å². The number of piperidine rings is 1. The predicted molar refractivity (Wildman–Crippen MR) is 126 cm³/mol. The van der Waals surface area contributed by atoms with E-state index >= 15 is 0 Å². The van der Waals surface area contributed by atoms with E-state index in [0.29, 0.717) is 5.92 Å². The second kappa shape index (κ2) is 14.0. The van der Waals surface area contributed by atoms with Crippen molar-refractivity contribution in [1.82, 2.24) is 15.5 Å². The first-order chi connectivity index (χ1) is 12.8. The quantitative estimate of drug-likeness (QED) is 0.317. The Labute approximate surface area is 182 Å². The Morgan fingerprint density at radius 2 is 1.93 bits per heavy atom. The second-order valence-corrected chi connectivity index (χ2v) is 6.99. The molecule has 0 unspecified atom stereocenters. The predicted octanol–water partition coefficient (Wildman–Crippen LogP) is 3.53. The van der Waals surface area contributed by atoms with Gasteiger partial charge in [0.05, 0.1) is 7.11 Å². The van der Waals surface area contributed by atoms with Crippen LogP contribution < -0.4 is 15.4 Å². The van der Waals surface area contributed by atoms with E-state index in [0.717, 1.165) is 37.8 Å². The van der Waals surface area contributed by atoms with E-state index in [9.17, 15) is 0 Å². The minimum atomic E-state index is 0. The largest absolute Gasteiger partial charge is 0.496 e. The van der Waals surface area contributed by atoms with Crippen LogP contribution in [-0.4, -0.2) is 57.2 Å². The van der Waals surface area contributed by atoms with Crippen LogP contribution in [0.1, 0.15) is 38.7 Å². The summed E-state index contributed by atoms with van der Waals surface area (Å²) in [5, 5.41) is 6.83. The molecule has 2 N–H and O–H groups in total. The zero-order chi connectivity index (χ0) is 18.6. The SMILES string of the molecule is CCCN1CCC(CN=C(NCC)NCCc2ccccc2OC)CC1.I. The van der Waals surface area contributed by atoms with Crippen molar-refractivity contribution in [2.24, 2.45) is 10.9 Å². The zero-order valence-electron chi connectivity index (χ0n) is 17.2. The molecule has 1 aromatic carbocycles. The highest BCUT2D eigenvalue weighted by atomic mass is 127. The number of guanidine groups is 1. The number of aliphatic imine (C=N–C) groups is 1. The standard InChI is InChI=1S/C21H36N4O.HI/c1-4-14-25-15-11-18(12-16-25)17-24-21(22-5-2)23-13-10-19-8-6-7-9-20(19)26-3;/h6-9,18H,4-5,10-17H2,1-3H3,(H2,22,23,24);1H. The summed E-state index contributed by atoms with van der Waals surface area (Å²) in [6, 6.07) is 8.20. The van der Waals surface area contributed by atoms with E-state index < -0.39 is 0 Å². The van der Waals surface area contributed by atoms with Crippen molar-refractivity contribution in [2.45, 2.75) is 39.5 Å². The monoisotopic (exact) mass is 488 g/mol. The number of likely N-dealkylation sites (tertiary alicyclic amines) is 1. The molecule has 1 saturated heterocycles. The van der Waals surface area contributed by atoms with E-state index in [1.54, 1.807) is 7.11 Å². The van der Waals surface area contributed by atoms with E-state index in [2.05, 4.69) is 41.5 Å². The average Bonchev–Trinajstić information content (AvgIpc) is 2.68. The molecule has 154 valence electrons. The van der Waals surface area contributed by atoms with Crippen molar-refractivity contribution in [3.8, 4) is 5.75 Å². The van der Waals surface area contributed by atoms with Crippen LogP contribution in [0, 0.1) is 5.92 Å². The molecule has 27 heavy (non-hydrogen) atoms. The van der Waals surface area contributed by atoms with Gasteiger partial charge in [0.25, 0.3) is 0 Å². The van der Waals surface area contributed by atoms with Gasteiger partial charge in [0.1, 0.15) is 5.75 Å². The van der Waals surface area contributed by atoms with Crippen molar-refractivity contribution in [1.29, 1.82) is 0 Å². The Balaban J connectivity index is 0.00000364. The Morgan fingerprint density at radius 1 is 1.19 bits per heavy atom. The van der Waals surface area contributed by atoms with Crippen LogP contribution in [0.5, 0.6) is 5.75 Å². The number of hydrogen-bond donors (Lipinski definition) is 2. The smallest absolute Gasteiger partial charge is 0.191 e. The lowest BCUT2D eigenvalue weighted by atomic mass is 9.97. The highest BCUT2D eigenvalue weighted by Gasteiger charge is 2.18. The normalized spacial score (nSPS) is 15.9. The molecule has 1 aliphatic rings. The summed E-state index contributed by atoms with van der Waals surface area (Å²) < 4.78 is 5.43. The maximum absolute atomic E-state index is 5.43. The summed E-state index contributed by atoms with van der Waals surface area (Å²) in [5.74, 6) is 2.60. The molecule has 1 aliphatic heterocycles. The number of nitrogens with one attached hydrogen (secondary N) is 2. The fourth-order valence-corrected chi connectivity index (χ4v) is 3.50. The van der Waals surface area contributed by atoms with Crippen LogP contribution in [0.4, 0.5) is 0 Å². The molecule has 1 heterocycles. The zero-order valence-corrected chi connectivity index (χ0v) is 19.5. The third kappa shape index (κ3) is 8.68. The van der Waals surface area contributed by atoms with E-state index in [4.69, 9.17) is 9.73 Å². The van der Waals surface area contributed by atoms with Gasteiger partial charge >= 0.3 is 0 Å². The second-order valence-electron chi connectivity index (χ2n) is 6.99. The van der Waals surface area contributed by atoms with Gasteiger partial charge in [-0.15, -0.1) is 24.0 Å². The minimum absolute atomic E-state index is 0. The lowest BCUT2D eigenvalue weighted by Crippen LogP contribution is -2.39. The first kappa shape index (κ1) is 24.0. The van der Waals surface area contributed by atoms with Crippen molar-refractivity contribution >= 4 is 29.9 Å². The number of halogens is 1. The van der Waals surface area contributed by atoms with Crippen molar-refractivity contribution in [3.05, 3.63) is 29.8 Å². The average molecular weight is 488 g/mol. The molecule has 0 saturated carbocycles. The Bertz CT molecular complexity index is 545. The molecule has 0 atom stereocenters. The molecule has 0 spiro atoms. The van der Waals surface area contributed by atoms with Gasteiger partial charge in [-0.2, -0.15) is 0 Å². The summed E-state index contributed by atoms with van der Waals surface area (Å²) in [7, 11) is 1.73. The number of ether oxygens (including phenoxy) is 1. The van der Waals surface area contributed by atoms with Crippen LogP contribution in [0.2, 0.25) is 0 Å². The third-order valence-corrected chi connectivity index (χ3v) is 4.98. The van der Waals surface area contributed by atoms with E-state index in [1.807, 2.05) is 12.1 Å². The number of hydrogen-bond acceptors (Lipinski definition) is 3. The topological polar surface area (TPSA) is 48.9 Å². The van der Waals surface area contributed by atoms with Gasteiger partial charge in [0, 0.05) is 19.6 Å². The number of nitrogens with zero attached hydrogens (tertiary/aromatic N) is 2. The molecule has 0 amide bonds. The lowest BCUT2D eigenvalue weighted by molar-refractivity contribution is 0.188. The summed E-state index contributed by atoms with van der Waals surface area (Å²) in [6.45, 7) is 10.7. The molecule has 0 radical (unpaired) electrons. The molecular formula is C21H37IN4O. The Kier molecular flexibility index (Phi) is 12.5. The summed E-state index contributed by atoms with van der Waals surface area (Å²) in [6.07, 6.45) is 4.71. The lowest BCUT2D eigenvalue weighted by Gasteiger charge is -2.31. The van der Waals surface area contributed by atoms with E-state index in [-0.39, 0.29) is 24.0 Å². The van der Waals surface area contributed by atoms with Crippen molar-refractivity contribution < 1.29 is 4.74 Å². The van der Waals surface area contributed by atoms with Gasteiger partial charge in [-0.1, -0.05) is 25.1 Å².